The number of benzene rings is 1. The average molecular weight is 332 g/mol. The van der Waals surface area contributed by atoms with E-state index in [-0.39, 0.29) is 15.5 Å². The Morgan fingerprint density at radius 2 is 2.10 bits per heavy atom. The summed E-state index contributed by atoms with van der Waals surface area (Å²) in [5.74, 6) is 0.0560. The molecule has 116 valence electrons. The zero-order chi connectivity index (χ0) is 15.6. The second-order valence-electron chi connectivity index (χ2n) is 5.35. The van der Waals surface area contributed by atoms with E-state index >= 15 is 0 Å². The number of esters is 1. The predicted octanol–water partition coefficient (Wildman–Crippen LogP) is 2.64. The second kappa shape index (κ2) is 6.34. The molecule has 1 aliphatic carbocycles. The number of hydrogen-bond donors (Lipinski definition) is 1. The minimum atomic E-state index is -3.93. The maximum Gasteiger partial charge on any atom is 0.338 e. The van der Waals surface area contributed by atoms with E-state index in [2.05, 4.69) is 0 Å². The smallest absolute Gasteiger partial charge is 0.338 e. The molecule has 0 radical (unpaired) electrons. The van der Waals surface area contributed by atoms with Crippen molar-refractivity contribution in [3.8, 4) is 0 Å². The third kappa shape index (κ3) is 3.96. The highest BCUT2D eigenvalue weighted by Crippen LogP contribution is 2.29. The van der Waals surface area contributed by atoms with Gasteiger partial charge in [0.1, 0.15) is 0 Å². The van der Waals surface area contributed by atoms with Gasteiger partial charge in [-0.25, -0.2) is 18.4 Å². The molecule has 0 heterocycles. The number of hydrogen-bond acceptors (Lipinski definition) is 4. The van der Waals surface area contributed by atoms with E-state index in [1.165, 1.54) is 38.3 Å². The molecule has 1 aromatic carbocycles. The van der Waals surface area contributed by atoms with Crippen molar-refractivity contribution in [2.45, 2.75) is 37.5 Å². The van der Waals surface area contributed by atoms with Crippen molar-refractivity contribution in [3.05, 3.63) is 28.3 Å². The summed E-state index contributed by atoms with van der Waals surface area (Å²) in [6.45, 7) is 1.87. The lowest BCUT2D eigenvalue weighted by Gasteiger charge is -2.24. The first-order chi connectivity index (χ1) is 9.79. The van der Waals surface area contributed by atoms with Gasteiger partial charge in [-0.1, -0.05) is 30.9 Å². The summed E-state index contributed by atoms with van der Waals surface area (Å²) in [6.07, 6.45) is 4.45. The highest BCUT2D eigenvalue weighted by Gasteiger charge is 2.20. The molecule has 1 saturated carbocycles. The molecule has 21 heavy (non-hydrogen) atoms. The van der Waals surface area contributed by atoms with Crippen LogP contribution < -0.4 is 5.14 Å². The Morgan fingerprint density at radius 1 is 1.43 bits per heavy atom. The van der Waals surface area contributed by atoms with Crippen LogP contribution in [-0.2, 0) is 14.8 Å². The van der Waals surface area contributed by atoms with E-state index in [4.69, 9.17) is 21.5 Å². The molecule has 5 nitrogen and oxygen atoms in total. The van der Waals surface area contributed by atoms with Crippen molar-refractivity contribution in [3.63, 3.8) is 0 Å². The summed E-state index contributed by atoms with van der Waals surface area (Å²) in [6, 6.07) is 2.61. The molecule has 7 heteroatoms. The number of primary sulfonamides is 1. The third-order valence-electron chi connectivity index (χ3n) is 3.82. The molecular formula is C14H18ClNO4S. The quantitative estimate of drug-likeness (QED) is 0.840. The van der Waals surface area contributed by atoms with Gasteiger partial charge in [-0.2, -0.15) is 0 Å². The number of sulfonamides is 1. The lowest BCUT2D eigenvalue weighted by molar-refractivity contribution is 0.0464. The topological polar surface area (TPSA) is 86.5 Å². The van der Waals surface area contributed by atoms with Gasteiger partial charge in [-0.3, -0.25) is 0 Å². The molecule has 1 aromatic rings. The van der Waals surface area contributed by atoms with Gasteiger partial charge in [0.2, 0.25) is 10.0 Å². The van der Waals surface area contributed by atoms with E-state index in [1.807, 2.05) is 0 Å². The van der Waals surface area contributed by atoms with Crippen molar-refractivity contribution in [1.29, 1.82) is 0 Å². The average Bonchev–Trinajstić information content (AvgIpc) is 2.33. The second-order valence-corrected chi connectivity index (χ2v) is 7.28. The molecular weight excluding hydrogens is 314 g/mol. The van der Waals surface area contributed by atoms with E-state index in [0.717, 1.165) is 6.42 Å². The molecule has 0 bridgehead atoms. The van der Waals surface area contributed by atoms with Gasteiger partial charge in [0.15, 0.2) is 0 Å². The highest BCUT2D eigenvalue weighted by molar-refractivity contribution is 7.89. The van der Waals surface area contributed by atoms with Crippen LogP contribution >= 0.6 is 11.6 Å². The van der Waals surface area contributed by atoms with Gasteiger partial charge in [0.05, 0.1) is 17.1 Å². The van der Waals surface area contributed by atoms with Crippen molar-refractivity contribution in [2.24, 2.45) is 11.1 Å². The third-order valence-corrected chi connectivity index (χ3v) is 5.25. The Bertz CT molecular complexity index is 653. The molecule has 0 amide bonds. The standard InChI is InChI=1S/C14H18ClNO4S/c1-9-12(15)7-11(8-13(9)21(16,18)19)14(17)20-6-5-10-3-2-4-10/h7-8,10H,2-6H2,1H3,(H2,16,18,19). The predicted molar refractivity (Wildman–Crippen MR) is 79.8 cm³/mol. The van der Waals surface area contributed by atoms with Crippen LogP contribution in [-0.4, -0.2) is 21.0 Å². The summed E-state index contributed by atoms with van der Waals surface area (Å²) in [5.41, 5.74) is 0.424. The minimum Gasteiger partial charge on any atom is -0.462 e. The SMILES string of the molecule is Cc1c(Cl)cc(C(=O)OCCC2CCC2)cc1S(N)(=O)=O. The van der Waals surface area contributed by atoms with Gasteiger partial charge in [0.25, 0.3) is 0 Å². The molecule has 2 rings (SSSR count). The lowest BCUT2D eigenvalue weighted by atomic mass is 9.83. The van der Waals surface area contributed by atoms with Crippen molar-refractivity contribution in [1.82, 2.24) is 0 Å². The zero-order valence-corrected chi connectivity index (χ0v) is 13.3. The Hall–Kier alpha value is -1.11. The molecule has 1 aliphatic rings. The number of carbonyl (C=O) groups excluding carboxylic acids is 1. The van der Waals surface area contributed by atoms with Crippen LogP contribution in [0.2, 0.25) is 5.02 Å². The Balaban J connectivity index is 2.11. The van der Waals surface area contributed by atoms with Crippen molar-refractivity contribution in [2.75, 3.05) is 6.61 Å². The van der Waals surface area contributed by atoms with Crippen LogP contribution in [0.4, 0.5) is 0 Å². The molecule has 0 spiro atoms. The summed E-state index contributed by atoms with van der Waals surface area (Å²) in [5, 5.41) is 5.30. The van der Waals surface area contributed by atoms with E-state index in [9.17, 15) is 13.2 Å². The van der Waals surface area contributed by atoms with Gasteiger partial charge in [-0.15, -0.1) is 0 Å². The Labute approximate surface area is 129 Å². The van der Waals surface area contributed by atoms with Crippen LogP contribution in [0.1, 0.15) is 41.6 Å². The van der Waals surface area contributed by atoms with E-state index in [0.29, 0.717) is 18.1 Å². The maximum absolute atomic E-state index is 12.0. The maximum atomic E-state index is 12.0. The molecule has 2 N–H and O–H groups in total. The monoisotopic (exact) mass is 331 g/mol. The Morgan fingerprint density at radius 3 is 2.62 bits per heavy atom. The van der Waals surface area contributed by atoms with Crippen LogP contribution in [0.15, 0.2) is 17.0 Å². The molecule has 0 aliphatic heterocycles. The highest BCUT2D eigenvalue weighted by atomic mass is 35.5. The molecule has 0 saturated heterocycles. The number of rotatable bonds is 5. The number of halogens is 1. The van der Waals surface area contributed by atoms with E-state index in [1.54, 1.807) is 0 Å². The fraction of sp³-hybridized carbons (Fsp3) is 0.500. The van der Waals surface area contributed by atoms with Crippen LogP contribution in [0.3, 0.4) is 0 Å². The number of carbonyl (C=O) groups is 1. The zero-order valence-electron chi connectivity index (χ0n) is 11.8. The molecule has 0 atom stereocenters. The summed E-state index contributed by atoms with van der Waals surface area (Å²) in [7, 11) is -3.93. The number of ether oxygens (including phenoxy) is 1. The van der Waals surface area contributed by atoms with Crippen LogP contribution in [0.5, 0.6) is 0 Å². The lowest BCUT2D eigenvalue weighted by Crippen LogP contribution is -2.17. The van der Waals surface area contributed by atoms with Crippen molar-refractivity contribution < 1.29 is 17.9 Å². The van der Waals surface area contributed by atoms with Crippen molar-refractivity contribution >= 4 is 27.6 Å². The summed E-state index contributed by atoms with van der Waals surface area (Å²) >= 11 is 5.96. The van der Waals surface area contributed by atoms with Gasteiger partial charge in [0, 0.05) is 5.02 Å². The first-order valence-corrected chi connectivity index (χ1v) is 8.71. The fourth-order valence-corrected chi connectivity index (χ4v) is 3.35. The largest absolute Gasteiger partial charge is 0.462 e. The first kappa shape index (κ1) is 16.3. The normalized spacial score (nSPS) is 15.6. The molecule has 1 fully saturated rings. The van der Waals surface area contributed by atoms with Crippen LogP contribution in [0, 0.1) is 12.8 Å². The van der Waals surface area contributed by atoms with Gasteiger partial charge >= 0.3 is 5.97 Å². The molecule has 0 unspecified atom stereocenters. The summed E-state index contributed by atoms with van der Waals surface area (Å²) in [4.78, 5) is 11.8. The fourth-order valence-electron chi connectivity index (χ4n) is 2.25. The van der Waals surface area contributed by atoms with Gasteiger partial charge in [-0.05, 0) is 37.0 Å². The minimum absolute atomic E-state index is 0.100. The molecule has 0 aromatic heterocycles. The number of nitrogens with two attached hydrogens (primary N) is 1. The first-order valence-electron chi connectivity index (χ1n) is 6.79. The Kier molecular flexibility index (Phi) is 4.91. The van der Waals surface area contributed by atoms with Crippen LogP contribution in [0.25, 0.3) is 0 Å². The summed E-state index contributed by atoms with van der Waals surface area (Å²) < 4.78 is 28.2. The van der Waals surface area contributed by atoms with E-state index < -0.39 is 16.0 Å². The van der Waals surface area contributed by atoms with Gasteiger partial charge < -0.3 is 4.74 Å².